The highest BCUT2D eigenvalue weighted by atomic mass is 16.7. The number of nitrogen functional groups attached to an aromatic ring is 1. The summed E-state index contributed by atoms with van der Waals surface area (Å²) in [5, 5.41) is 11.0. The summed E-state index contributed by atoms with van der Waals surface area (Å²) in [6.45, 7) is 2.51. The van der Waals surface area contributed by atoms with Crippen LogP contribution in [0.3, 0.4) is 0 Å². The lowest BCUT2D eigenvalue weighted by molar-refractivity contribution is -0.116. The Hall–Kier alpha value is -4.37. The molecule has 206 valence electrons. The molecule has 9 nitrogen and oxygen atoms in total. The third-order valence-electron chi connectivity index (χ3n) is 6.30. The van der Waals surface area contributed by atoms with Crippen molar-refractivity contribution in [2.45, 2.75) is 25.6 Å². The van der Waals surface area contributed by atoms with Gasteiger partial charge in [0.1, 0.15) is 17.2 Å². The molecule has 39 heavy (non-hydrogen) atoms. The van der Waals surface area contributed by atoms with Crippen molar-refractivity contribution in [3.63, 3.8) is 0 Å². The van der Waals surface area contributed by atoms with E-state index in [-0.39, 0.29) is 12.6 Å². The first-order chi connectivity index (χ1) is 18.8. The van der Waals surface area contributed by atoms with Gasteiger partial charge in [-0.3, -0.25) is 0 Å². The van der Waals surface area contributed by atoms with Crippen molar-refractivity contribution in [1.29, 1.82) is 0 Å². The van der Waals surface area contributed by atoms with Crippen molar-refractivity contribution in [1.82, 2.24) is 0 Å². The zero-order valence-corrected chi connectivity index (χ0v) is 22.5. The molecule has 2 aliphatic heterocycles. The maximum absolute atomic E-state index is 11.4. The highest BCUT2D eigenvalue weighted by Crippen LogP contribution is 2.49. The molecule has 0 aromatic heterocycles. The minimum Gasteiger partial charge on any atom is -0.497 e. The average molecular weight is 536 g/mol. The molecule has 0 bridgehead atoms. The van der Waals surface area contributed by atoms with Crippen LogP contribution in [0.5, 0.6) is 28.7 Å². The van der Waals surface area contributed by atoms with Gasteiger partial charge in [0, 0.05) is 34.5 Å². The first-order valence-corrected chi connectivity index (χ1v) is 12.5. The number of nitrogens with two attached hydrogens (primary N) is 1. The number of hydrogen-bond acceptors (Lipinski definition) is 9. The van der Waals surface area contributed by atoms with E-state index in [0.29, 0.717) is 57.7 Å². The highest BCUT2D eigenvalue weighted by molar-refractivity contribution is 5.92. The maximum Gasteiger partial charge on any atom is 0.338 e. The number of fused-ring (bicyclic) bond motifs is 4. The van der Waals surface area contributed by atoms with E-state index in [0.717, 1.165) is 18.4 Å². The second-order valence-corrected chi connectivity index (χ2v) is 8.95. The summed E-state index contributed by atoms with van der Waals surface area (Å²) in [6.07, 6.45) is 3.82. The van der Waals surface area contributed by atoms with Crippen LogP contribution in [-0.4, -0.2) is 51.4 Å². The molecule has 0 saturated carbocycles. The van der Waals surface area contributed by atoms with E-state index >= 15 is 0 Å². The molecule has 0 saturated heterocycles. The van der Waals surface area contributed by atoms with E-state index in [1.807, 2.05) is 18.2 Å². The second kappa shape index (κ2) is 12.0. The minimum absolute atomic E-state index is 0.0298. The molecule has 9 heteroatoms. The Morgan fingerprint density at radius 2 is 1.69 bits per heavy atom. The molecule has 5 rings (SSSR count). The van der Waals surface area contributed by atoms with Gasteiger partial charge in [-0.2, -0.15) is 0 Å². The molecule has 3 aromatic rings. The van der Waals surface area contributed by atoms with Gasteiger partial charge in [0.05, 0.1) is 33.5 Å². The Kier molecular flexibility index (Phi) is 8.51. The number of aliphatic hydroxyl groups is 1. The van der Waals surface area contributed by atoms with E-state index in [1.165, 1.54) is 0 Å². The third-order valence-corrected chi connectivity index (χ3v) is 6.30. The number of rotatable bonds is 7. The largest absolute Gasteiger partial charge is 0.497 e. The van der Waals surface area contributed by atoms with Gasteiger partial charge >= 0.3 is 5.97 Å². The van der Waals surface area contributed by atoms with Crippen LogP contribution in [0.25, 0.3) is 11.6 Å². The zero-order valence-electron chi connectivity index (χ0n) is 22.5. The third kappa shape index (κ3) is 6.04. The molecule has 1 unspecified atom stereocenters. The van der Waals surface area contributed by atoms with Crippen LogP contribution < -0.4 is 29.4 Å². The van der Waals surface area contributed by atoms with E-state index in [4.69, 9.17) is 34.2 Å². The second-order valence-electron chi connectivity index (χ2n) is 8.95. The number of hydrogen-bond donors (Lipinski definition) is 2. The molecular weight excluding hydrogens is 502 g/mol. The molecule has 0 aliphatic carbocycles. The molecular formula is C30H33NO8. The van der Waals surface area contributed by atoms with Gasteiger partial charge in [-0.1, -0.05) is 13.3 Å². The number of anilines is 1. The maximum atomic E-state index is 11.4. The molecule has 0 amide bonds. The van der Waals surface area contributed by atoms with E-state index in [1.54, 1.807) is 63.8 Å². The normalized spacial score (nSPS) is 16.4. The molecule has 2 heterocycles. The fourth-order valence-corrected chi connectivity index (χ4v) is 4.13. The van der Waals surface area contributed by atoms with Crippen molar-refractivity contribution in [2.75, 3.05) is 40.3 Å². The van der Waals surface area contributed by atoms with Gasteiger partial charge in [0.2, 0.25) is 0 Å². The summed E-state index contributed by atoms with van der Waals surface area (Å²) in [5.74, 6) is 1.06. The Bertz CT molecular complexity index is 1350. The number of ether oxygens (including phenoxy) is 6. The molecule has 3 N–H and O–H groups in total. The first kappa shape index (κ1) is 27.7. The monoisotopic (exact) mass is 535 g/mol. The number of unbranched alkanes of at least 4 members (excludes halogenated alkanes) is 1. The van der Waals surface area contributed by atoms with Gasteiger partial charge in [-0.15, -0.1) is 0 Å². The minimum atomic E-state index is -1.58. The van der Waals surface area contributed by atoms with Crippen molar-refractivity contribution in [3.05, 3.63) is 71.3 Å². The zero-order chi connectivity index (χ0) is 28.0. The van der Waals surface area contributed by atoms with Crippen LogP contribution in [0.1, 0.15) is 41.3 Å². The number of methoxy groups -OCH3 is 3. The first-order valence-electron chi connectivity index (χ1n) is 12.5. The predicted molar refractivity (Wildman–Crippen MR) is 148 cm³/mol. The summed E-state index contributed by atoms with van der Waals surface area (Å²) >= 11 is 0. The molecule has 0 spiro atoms. The SMILES string of the molecule is CCCCOC(=O)c1ccc(N)cc1.COc1ccc2c(c1)OC1(O)COc3cc(OC)c(OC)cc3C1=C2. The number of carbonyl (C=O) groups excluding carboxylic acids is 1. The van der Waals surface area contributed by atoms with Gasteiger partial charge in [-0.25, -0.2) is 4.79 Å². The van der Waals surface area contributed by atoms with Crippen molar-refractivity contribution in [3.8, 4) is 28.7 Å². The van der Waals surface area contributed by atoms with Crippen LogP contribution in [0.2, 0.25) is 0 Å². The number of benzene rings is 3. The van der Waals surface area contributed by atoms with Crippen LogP contribution in [-0.2, 0) is 4.74 Å². The lowest BCUT2D eigenvalue weighted by atomic mass is 9.90. The Morgan fingerprint density at radius 3 is 2.36 bits per heavy atom. The van der Waals surface area contributed by atoms with E-state index in [2.05, 4.69) is 6.92 Å². The number of esters is 1. The Labute approximate surface area is 227 Å². The van der Waals surface area contributed by atoms with Gasteiger partial charge in [0.15, 0.2) is 18.1 Å². The topological polar surface area (TPSA) is 119 Å². The summed E-state index contributed by atoms with van der Waals surface area (Å²) in [5.41, 5.74) is 8.87. The molecule has 3 aromatic carbocycles. The number of carbonyl (C=O) groups is 1. The van der Waals surface area contributed by atoms with Gasteiger partial charge in [-0.05, 0) is 55.0 Å². The lowest BCUT2D eigenvalue weighted by Gasteiger charge is -2.39. The van der Waals surface area contributed by atoms with Crippen molar-refractivity contribution >= 4 is 23.3 Å². The quantitative estimate of drug-likeness (QED) is 0.246. The molecule has 0 fully saturated rings. The van der Waals surface area contributed by atoms with Crippen molar-refractivity contribution in [2.24, 2.45) is 0 Å². The van der Waals surface area contributed by atoms with Gasteiger partial charge < -0.3 is 39.3 Å². The Balaban J connectivity index is 0.000000215. The van der Waals surface area contributed by atoms with E-state index < -0.39 is 5.79 Å². The van der Waals surface area contributed by atoms with Crippen LogP contribution in [0, 0.1) is 0 Å². The predicted octanol–water partition coefficient (Wildman–Crippen LogP) is 4.95. The lowest BCUT2D eigenvalue weighted by Crippen LogP contribution is -2.47. The smallest absolute Gasteiger partial charge is 0.338 e. The summed E-state index contributed by atoms with van der Waals surface area (Å²) in [4.78, 5) is 11.4. The van der Waals surface area contributed by atoms with Crippen LogP contribution in [0.15, 0.2) is 54.6 Å². The summed E-state index contributed by atoms with van der Waals surface area (Å²) in [6, 6.07) is 15.7. The van der Waals surface area contributed by atoms with Gasteiger partial charge in [0.25, 0.3) is 5.79 Å². The summed E-state index contributed by atoms with van der Waals surface area (Å²) in [7, 11) is 4.71. The molecule has 0 radical (unpaired) electrons. The standard InChI is InChI=1S/C19H18O6.C11H15NO2/c1-21-12-5-4-11-6-14-13-8-17(22-2)18(23-3)9-16(13)24-10-19(14,20)25-15(11)7-12;1-2-3-8-14-11(13)9-4-6-10(12)7-5-9/h4-9,20H,10H2,1-3H3;4-7H,2-3,8,12H2,1H3. The molecule has 1 atom stereocenters. The van der Waals surface area contributed by atoms with Crippen LogP contribution >= 0.6 is 0 Å². The highest BCUT2D eigenvalue weighted by Gasteiger charge is 2.44. The average Bonchev–Trinajstić information content (AvgIpc) is 2.95. The molecule has 2 aliphatic rings. The van der Waals surface area contributed by atoms with Crippen molar-refractivity contribution < 1.29 is 38.3 Å². The van der Waals surface area contributed by atoms with Crippen LogP contribution in [0.4, 0.5) is 5.69 Å². The Morgan fingerprint density at radius 1 is 0.974 bits per heavy atom. The fourth-order valence-electron chi connectivity index (χ4n) is 4.13. The fraction of sp³-hybridized carbons (Fsp3) is 0.300. The van der Waals surface area contributed by atoms with E-state index in [9.17, 15) is 9.90 Å². The summed E-state index contributed by atoms with van der Waals surface area (Å²) < 4.78 is 32.5.